The van der Waals surface area contributed by atoms with Gasteiger partial charge < -0.3 is 5.32 Å². The van der Waals surface area contributed by atoms with Crippen LogP contribution in [0.15, 0.2) is 6.07 Å². The molecule has 1 unspecified atom stereocenters. The molecular weight excluding hydrogens is 222 g/mol. The van der Waals surface area contributed by atoms with Gasteiger partial charge in [-0.3, -0.25) is 0 Å². The van der Waals surface area contributed by atoms with E-state index in [1.807, 2.05) is 11.3 Å². The first-order chi connectivity index (χ1) is 7.25. The Hall–Kier alpha value is 0.01000. The van der Waals surface area contributed by atoms with E-state index in [-0.39, 0.29) is 0 Å². The maximum Gasteiger partial charge on any atom is 0.0300 e. The summed E-state index contributed by atoms with van der Waals surface area (Å²) in [5.41, 5.74) is 1.44. The van der Waals surface area contributed by atoms with Crippen molar-refractivity contribution in [3.05, 3.63) is 21.4 Å². The van der Waals surface area contributed by atoms with Gasteiger partial charge in [-0.25, -0.2) is 0 Å². The van der Waals surface area contributed by atoms with Crippen molar-refractivity contribution >= 4 is 23.1 Å². The van der Waals surface area contributed by atoms with E-state index in [0.29, 0.717) is 0 Å². The molecule has 0 radical (unpaired) electrons. The van der Waals surface area contributed by atoms with Crippen molar-refractivity contribution in [2.24, 2.45) is 5.92 Å². The second-order valence-corrected chi connectivity index (χ2v) is 6.80. The minimum absolute atomic E-state index is 0.914. The highest BCUT2D eigenvalue weighted by atomic mass is 32.2. The Morgan fingerprint density at radius 1 is 1.47 bits per heavy atom. The molecule has 1 aliphatic heterocycles. The number of hydrogen-bond donors (Lipinski definition) is 1. The van der Waals surface area contributed by atoms with Crippen LogP contribution in [0.25, 0.3) is 0 Å². The van der Waals surface area contributed by atoms with Crippen molar-refractivity contribution in [2.45, 2.75) is 26.8 Å². The smallest absolute Gasteiger partial charge is 0.0300 e. The molecule has 15 heavy (non-hydrogen) atoms. The summed E-state index contributed by atoms with van der Waals surface area (Å²) in [6, 6.07) is 2.32. The monoisotopic (exact) mass is 241 g/mol. The van der Waals surface area contributed by atoms with Crippen molar-refractivity contribution in [2.75, 3.05) is 18.1 Å². The molecule has 1 aromatic heterocycles. The summed E-state index contributed by atoms with van der Waals surface area (Å²) < 4.78 is 0. The van der Waals surface area contributed by atoms with Gasteiger partial charge in [0.25, 0.3) is 0 Å². The fraction of sp³-hybridized carbons (Fsp3) is 0.667. The Morgan fingerprint density at radius 3 is 2.93 bits per heavy atom. The molecule has 2 heterocycles. The molecule has 3 heteroatoms. The van der Waals surface area contributed by atoms with Crippen LogP contribution in [-0.2, 0) is 6.54 Å². The molecule has 1 fully saturated rings. The largest absolute Gasteiger partial charge is 0.312 e. The third-order valence-electron chi connectivity index (χ3n) is 2.97. The molecule has 1 N–H and O–H groups in total. The van der Waals surface area contributed by atoms with E-state index in [9.17, 15) is 0 Å². The number of thioether (sulfide) groups is 1. The van der Waals surface area contributed by atoms with Crippen LogP contribution in [0.4, 0.5) is 0 Å². The highest BCUT2D eigenvalue weighted by molar-refractivity contribution is 7.99. The van der Waals surface area contributed by atoms with Crippen molar-refractivity contribution in [1.82, 2.24) is 5.32 Å². The number of hydrogen-bond acceptors (Lipinski definition) is 3. The van der Waals surface area contributed by atoms with Crippen LogP contribution in [-0.4, -0.2) is 18.1 Å². The Labute approximate surface area is 101 Å². The summed E-state index contributed by atoms with van der Waals surface area (Å²) in [5.74, 6) is 3.64. The number of nitrogens with one attached hydrogen (secondary N) is 1. The lowest BCUT2D eigenvalue weighted by Crippen LogP contribution is -2.21. The molecule has 1 atom stereocenters. The van der Waals surface area contributed by atoms with E-state index in [4.69, 9.17) is 0 Å². The second-order valence-electron chi connectivity index (χ2n) is 4.31. The zero-order valence-electron chi connectivity index (χ0n) is 9.51. The van der Waals surface area contributed by atoms with Gasteiger partial charge in [-0.15, -0.1) is 11.3 Å². The maximum absolute atomic E-state index is 3.58. The summed E-state index contributed by atoms with van der Waals surface area (Å²) >= 11 is 4.03. The molecule has 0 amide bonds. The normalized spacial score (nSPS) is 21.1. The quantitative estimate of drug-likeness (QED) is 0.869. The highest BCUT2D eigenvalue weighted by Crippen LogP contribution is 2.23. The molecule has 2 rings (SSSR count). The van der Waals surface area contributed by atoms with Crippen LogP contribution in [0.3, 0.4) is 0 Å². The second kappa shape index (κ2) is 5.37. The lowest BCUT2D eigenvalue weighted by molar-refractivity contribution is 0.525. The van der Waals surface area contributed by atoms with Crippen LogP contribution in [0.5, 0.6) is 0 Å². The third-order valence-corrected chi connectivity index (χ3v) is 5.36. The Kier molecular flexibility index (Phi) is 4.12. The lowest BCUT2D eigenvalue weighted by Gasteiger charge is -2.08. The van der Waals surface area contributed by atoms with Gasteiger partial charge in [0.1, 0.15) is 0 Å². The molecule has 0 aliphatic carbocycles. The molecule has 0 spiro atoms. The standard InChI is InChI=1S/C12H19NS2/c1-9-5-12(15-10(9)2)7-13-6-11-3-4-14-8-11/h5,11,13H,3-4,6-8H2,1-2H3. The van der Waals surface area contributed by atoms with E-state index >= 15 is 0 Å². The zero-order valence-corrected chi connectivity index (χ0v) is 11.1. The van der Waals surface area contributed by atoms with Gasteiger partial charge in [-0.05, 0) is 55.9 Å². The maximum atomic E-state index is 3.58. The topological polar surface area (TPSA) is 12.0 Å². The van der Waals surface area contributed by atoms with Gasteiger partial charge >= 0.3 is 0 Å². The molecule has 1 aliphatic rings. The molecule has 84 valence electrons. The molecule has 1 nitrogen and oxygen atoms in total. The van der Waals surface area contributed by atoms with E-state index in [0.717, 1.165) is 12.5 Å². The van der Waals surface area contributed by atoms with Crippen LogP contribution in [0, 0.1) is 19.8 Å². The first-order valence-corrected chi connectivity index (χ1v) is 7.57. The SMILES string of the molecule is Cc1cc(CNCC2CCSC2)sc1C. The van der Waals surface area contributed by atoms with Crippen molar-refractivity contribution < 1.29 is 0 Å². The van der Waals surface area contributed by atoms with Crippen molar-refractivity contribution in [3.63, 3.8) is 0 Å². The number of thiophene rings is 1. The Morgan fingerprint density at radius 2 is 2.33 bits per heavy atom. The van der Waals surface area contributed by atoms with Gasteiger partial charge in [0.2, 0.25) is 0 Å². The summed E-state index contributed by atoms with van der Waals surface area (Å²) in [6.45, 7) is 6.66. The lowest BCUT2D eigenvalue weighted by atomic mass is 10.1. The van der Waals surface area contributed by atoms with E-state index < -0.39 is 0 Å². The molecule has 0 bridgehead atoms. The summed E-state index contributed by atoms with van der Waals surface area (Å²) in [7, 11) is 0. The van der Waals surface area contributed by atoms with Gasteiger partial charge in [0.05, 0.1) is 0 Å². The summed E-state index contributed by atoms with van der Waals surface area (Å²) in [4.78, 5) is 2.94. The van der Waals surface area contributed by atoms with Crippen LogP contribution in [0.2, 0.25) is 0 Å². The Bertz CT molecular complexity index is 294. The van der Waals surface area contributed by atoms with E-state index in [2.05, 4.69) is 37.0 Å². The highest BCUT2D eigenvalue weighted by Gasteiger charge is 2.14. The van der Waals surface area contributed by atoms with E-state index in [1.165, 1.54) is 39.8 Å². The zero-order chi connectivity index (χ0) is 10.7. The van der Waals surface area contributed by atoms with Gasteiger partial charge in [0.15, 0.2) is 0 Å². The minimum Gasteiger partial charge on any atom is -0.312 e. The molecule has 0 saturated carbocycles. The molecule has 1 aromatic rings. The van der Waals surface area contributed by atoms with Gasteiger partial charge in [0, 0.05) is 16.3 Å². The summed E-state index contributed by atoms with van der Waals surface area (Å²) in [5, 5.41) is 3.58. The first-order valence-electron chi connectivity index (χ1n) is 5.60. The average molecular weight is 241 g/mol. The molecular formula is C12H19NS2. The predicted molar refractivity (Wildman–Crippen MR) is 70.9 cm³/mol. The van der Waals surface area contributed by atoms with Gasteiger partial charge in [-0.2, -0.15) is 11.8 Å². The molecule has 1 saturated heterocycles. The number of rotatable bonds is 4. The summed E-state index contributed by atoms with van der Waals surface area (Å²) in [6.07, 6.45) is 1.40. The molecule has 0 aromatic carbocycles. The van der Waals surface area contributed by atoms with Crippen LogP contribution >= 0.6 is 23.1 Å². The third kappa shape index (κ3) is 3.23. The minimum atomic E-state index is 0.914. The Balaban J connectivity index is 1.73. The van der Waals surface area contributed by atoms with Crippen LogP contribution in [0.1, 0.15) is 21.7 Å². The predicted octanol–water partition coefficient (Wildman–Crippen LogP) is 3.21. The first kappa shape index (κ1) is 11.5. The van der Waals surface area contributed by atoms with Crippen LogP contribution < -0.4 is 5.32 Å². The fourth-order valence-electron chi connectivity index (χ4n) is 1.88. The van der Waals surface area contributed by atoms with Crippen molar-refractivity contribution in [1.29, 1.82) is 0 Å². The number of aryl methyl sites for hydroxylation is 2. The van der Waals surface area contributed by atoms with Gasteiger partial charge in [-0.1, -0.05) is 0 Å². The van der Waals surface area contributed by atoms with Crippen molar-refractivity contribution in [3.8, 4) is 0 Å². The van der Waals surface area contributed by atoms with E-state index in [1.54, 1.807) is 0 Å². The fourth-order valence-corrected chi connectivity index (χ4v) is 4.19. The average Bonchev–Trinajstić information content (AvgIpc) is 2.79.